The first kappa shape index (κ1) is 13.3. The van der Waals surface area contributed by atoms with Crippen LogP contribution in [0.3, 0.4) is 0 Å². The zero-order valence-electron chi connectivity index (χ0n) is 11.0. The van der Waals surface area contributed by atoms with Crippen LogP contribution in [-0.2, 0) is 9.59 Å². The minimum Gasteiger partial charge on any atom is -0.296 e. The number of thiophene rings is 1. The minimum absolute atomic E-state index is 0.0636. The van der Waals surface area contributed by atoms with Crippen LogP contribution in [0, 0.1) is 18.8 Å². The molecule has 1 aromatic heterocycles. The molecule has 1 fully saturated rings. The highest BCUT2D eigenvalue weighted by Gasteiger charge is 2.38. The van der Waals surface area contributed by atoms with Gasteiger partial charge in [0.15, 0.2) is 0 Å². The van der Waals surface area contributed by atoms with Crippen LogP contribution in [-0.4, -0.2) is 11.8 Å². The fourth-order valence-electron chi connectivity index (χ4n) is 2.62. The van der Waals surface area contributed by atoms with Gasteiger partial charge in [-0.05, 0) is 36.3 Å². The van der Waals surface area contributed by atoms with Crippen molar-refractivity contribution in [2.75, 3.05) is 0 Å². The molecule has 98 valence electrons. The molecule has 2 rings (SSSR count). The molecule has 0 spiro atoms. The summed E-state index contributed by atoms with van der Waals surface area (Å²) in [5.74, 6) is 0.209. The third-order valence-electron chi connectivity index (χ3n) is 3.45. The van der Waals surface area contributed by atoms with E-state index in [-0.39, 0.29) is 23.7 Å². The summed E-state index contributed by atoms with van der Waals surface area (Å²) >= 11 is 1.66. The molecule has 1 saturated heterocycles. The summed E-state index contributed by atoms with van der Waals surface area (Å²) in [6.45, 7) is 6.28. The van der Waals surface area contributed by atoms with E-state index in [1.807, 2.05) is 5.38 Å². The summed E-state index contributed by atoms with van der Waals surface area (Å²) < 4.78 is 0. The number of carbonyl (C=O) groups excluding carboxylic acids is 2. The number of hydrogen-bond donors (Lipinski definition) is 1. The second-order valence-corrected chi connectivity index (χ2v) is 6.37. The van der Waals surface area contributed by atoms with Gasteiger partial charge in [-0.2, -0.15) is 0 Å². The molecule has 0 bridgehead atoms. The van der Waals surface area contributed by atoms with Gasteiger partial charge in [0.05, 0.1) is 0 Å². The number of hydrogen-bond acceptors (Lipinski definition) is 3. The van der Waals surface area contributed by atoms with Gasteiger partial charge in [-0.25, -0.2) is 0 Å². The number of imide groups is 1. The standard InChI is InChI=1S/C14H19NO2S/c1-8(2)6-11-10(7-12(16)15-14(11)17)13-9(3)4-5-18-13/h4-5,8,10-11H,6-7H2,1-3H3,(H,15,16,17). The highest BCUT2D eigenvalue weighted by molar-refractivity contribution is 7.10. The summed E-state index contributed by atoms with van der Waals surface area (Å²) in [6.07, 6.45) is 1.27. The van der Waals surface area contributed by atoms with E-state index >= 15 is 0 Å². The van der Waals surface area contributed by atoms with Gasteiger partial charge in [0, 0.05) is 23.1 Å². The van der Waals surface area contributed by atoms with Crippen LogP contribution in [0.1, 0.15) is 43.0 Å². The van der Waals surface area contributed by atoms with Crippen molar-refractivity contribution in [3.8, 4) is 0 Å². The van der Waals surface area contributed by atoms with Gasteiger partial charge in [0.1, 0.15) is 0 Å². The Bertz CT molecular complexity index is 464. The molecule has 2 heterocycles. The van der Waals surface area contributed by atoms with E-state index in [0.29, 0.717) is 12.3 Å². The maximum atomic E-state index is 12.0. The summed E-state index contributed by atoms with van der Waals surface area (Å²) in [5, 5.41) is 4.51. The summed E-state index contributed by atoms with van der Waals surface area (Å²) in [6, 6.07) is 2.06. The van der Waals surface area contributed by atoms with E-state index in [0.717, 1.165) is 6.42 Å². The molecule has 2 unspecified atom stereocenters. The van der Waals surface area contributed by atoms with Gasteiger partial charge in [0.25, 0.3) is 0 Å². The van der Waals surface area contributed by atoms with E-state index in [9.17, 15) is 9.59 Å². The van der Waals surface area contributed by atoms with Gasteiger partial charge in [-0.3, -0.25) is 14.9 Å². The first-order valence-corrected chi connectivity index (χ1v) is 7.24. The molecule has 0 radical (unpaired) electrons. The lowest BCUT2D eigenvalue weighted by Gasteiger charge is -2.31. The number of nitrogens with one attached hydrogen (secondary N) is 1. The first-order chi connectivity index (χ1) is 8.49. The molecule has 2 atom stereocenters. The minimum atomic E-state index is -0.141. The highest BCUT2D eigenvalue weighted by Crippen LogP contribution is 2.39. The molecule has 0 aromatic carbocycles. The van der Waals surface area contributed by atoms with E-state index in [4.69, 9.17) is 0 Å². The van der Waals surface area contributed by atoms with Crippen LogP contribution < -0.4 is 5.32 Å². The van der Waals surface area contributed by atoms with E-state index in [1.54, 1.807) is 11.3 Å². The highest BCUT2D eigenvalue weighted by atomic mass is 32.1. The van der Waals surface area contributed by atoms with Gasteiger partial charge in [0.2, 0.25) is 11.8 Å². The first-order valence-electron chi connectivity index (χ1n) is 6.36. The van der Waals surface area contributed by atoms with Crippen LogP contribution in [0.15, 0.2) is 11.4 Å². The zero-order valence-corrected chi connectivity index (χ0v) is 11.8. The van der Waals surface area contributed by atoms with Crippen LogP contribution in [0.25, 0.3) is 0 Å². The SMILES string of the molecule is Cc1ccsc1C1CC(=O)NC(=O)C1CC(C)C. The van der Waals surface area contributed by atoms with Crippen molar-refractivity contribution in [3.63, 3.8) is 0 Å². The Morgan fingerprint density at radius 3 is 2.72 bits per heavy atom. The van der Waals surface area contributed by atoms with Crippen LogP contribution in [0.2, 0.25) is 0 Å². The second kappa shape index (κ2) is 5.22. The number of carbonyl (C=O) groups is 2. The number of aryl methyl sites for hydroxylation is 1. The summed E-state index contributed by atoms with van der Waals surface area (Å²) in [5.41, 5.74) is 1.20. The van der Waals surface area contributed by atoms with Crippen LogP contribution >= 0.6 is 11.3 Å². The lowest BCUT2D eigenvalue weighted by Crippen LogP contribution is -2.45. The van der Waals surface area contributed by atoms with Crippen molar-refractivity contribution in [1.82, 2.24) is 5.32 Å². The number of rotatable bonds is 3. The van der Waals surface area contributed by atoms with Crippen molar-refractivity contribution in [1.29, 1.82) is 0 Å². The Kier molecular flexibility index (Phi) is 3.85. The summed E-state index contributed by atoms with van der Waals surface area (Å²) in [4.78, 5) is 24.8. The number of amides is 2. The van der Waals surface area contributed by atoms with Crippen LogP contribution in [0.4, 0.5) is 0 Å². The average Bonchev–Trinajstić information content (AvgIpc) is 2.67. The Balaban J connectivity index is 2.30. The van der Waals surface area contributed by atoms with Crippen molar-refractivity contribution < 1.29 is 9.59 Å². The molecule has 1 aliphatic heterocycles. The fraction of sp³-hybridized carbons (Fsp3) is 0.571. The molecule has 4 heteroatoms. The predicted molar refractivity (Wildman–Crippen MR) is 72.5 cm³/mol. The average molecular weight is 265 g/mol. The lowest BCUT2D eigenvalue weighted by molar-refractivity contribution is -0.137. The van der Waals surface area contributed by atoms with E-state index in [2.05, 4.69) is 32.2 Å². The Morgan fingerprint density at radius 1 is 1.44 bits per heavy atom. The lowest BCUT2D eigenvalue weighted by atomic mass is 9.78. The normalized spacial score (nSPS) is 24.4. The van der Waals surface area contributed by atoms with Crippen molar-refractivity contribution in [2.24, 2.45) is 11.8 Å². The number of piperidine rings is 1. The van der Waals surface area contributed by atoms with Gasteiger partial charge >= 0.3 is 0 Å². The molecule has 3 nitrogen and oxygen atoms in total. The Labute approximate surface area is 112 Å². The third kappa shape index (κ3) is 2.64. The molecule has 0 saturated carbocycles. The quantitative estimate of drug-likeness (QED) is 0.854. The molecule has 1 N–H and O–H groups in total. The largest absolute Gasteiger partial charge is 0.296 e. The van der Waals surface area contributed by atoms with E-state index in [1.165, 1.54) is 10.4 Å². The maximum Gasteiger partial charge on any atom is 0.230 e. The van der Waals surface area contributed by atoms with Gasteiger partial charge in [-0.1, -0.05) is 13.8 Å². The Morgan fingerprint density at radius 2 is 2.17 bits per heavy atom. The fourth-order valence-corrected chi connectivity index (χ4v) is 3.72. The second-order valence-electron chi connectivity index (χ2n) is 5.43. The summed E-state index contributed by atoms with van der Waals surface area (Å²) in [7, 11) is 0. The topological polar surface area (TPSA) is 46.2 Å². The van der Waals surface area contributed by atoms with Crippen molar-refractivity contribution >= 4 is 23.2 Å². The van der Waals surface area contributed by atoms with Gasteiger partial charge < -0.3 is 0 Å². The molecule has 1 aliphatic rings. The molecular formula is C14H19NO2S. The molecule has 18 heavy (non-hydrogen) atoms. The zero-order chi connectivity index (χ0) is 13.3. The third-order valence-corrected chi connectivity index (χ3v) is 4.61. The van der Waals surface area contributed by atoms with E-state index < -0.39 is 0 Å². The Hall–Kier alpha value is -1.16. The van der Waals surface area contributed by atoms with Crippen molar-refractivity contribution in [3.05, 3.63) is 21.9 Å². The predicted octanol–water partition coefficient (Wildman–Crippen LogP) is 2.85. The molecule has 0 aliphatic carbocycles. The smallest absolute Gasteiger partial charge is 0.230 e. The monoisotopic (exact) mass is 265 g/mol. The molecule has 2 amide bonds. The van der Waals surface area contributed by atoms with Crippen LogP contribution in [0.5, 0.6) is 0 Å². The maximum absolute atomic E-state index is 12.0. The molecular weight excluding hydrogens is 246 g/mol. The molecule has 1 aromatic rings. The van der Waals surface area contributed by atoms with Crippen molar-refractivity contribution in [2.45, 2.75) is 39.5 Å². The van der Waals surface area contributed by atoms with Gasteiger partial charge in [-0.15, -0.1) is 11.3 Å².